The number of nitrogens with zero attached hydrogens (tertiary/aromatic N) is 3. The van der Waals surface area contributed by atoms with Gasteiger partial charge in [-0.3, -0.25) is 4.68 Å². The summed E-state index contributed by atoms with van der Waals surface area (Å²) in [6.07, 6.45) is 7.51. The van der Waals surface area contributed by atoms with E-state index in [0.717, 1.165) is 43.9 Å². The molecule has 0 bridgehead atoms. The fourth-order valence-corrected chi connectivity index (χ4v) is 2.73. The molecule has 2 heterocycles. The van der Waals surface area contributed by atoms with Crippen LogP contribution in [0.4, 0.5) is 10.5 Å². The lowest BCUT2D eigenvalue weighted by Crippen LogP contribution is -2.30. The normalized spacial score (nSPS) is 16.8. The first-order valence-electron chi connectivity index (χ1n) is 9.01. The number of benzene rings is 1. The van der Waals surface area contributed by atoms with Crippen molar-refractivity contribution >= 4 is 11.7 Å². The lowest BCUT2D eigenvalue weighted by Gasteiger charge is -2.22. The van der Waals surface area contributed by atoms with Crippen molar-refractivity contribution in [2.75, 3.05) is 25.1 Å². The van der Waals surface area contributed by atoms with Crippen molar-refractivity contribution in [3.8, 4) is 5.75 Å². The highest BCUT2D eigenvalue weighted by Gasteiger charge is 2.14. The van der Waals surface area contributed by atoms with Crippen molar-refractivity contribution in [2.45, 2.75) is 38.3 Å². The van der Waals surface area contributed by atoms with Gasteiger partial charge in [-0.1, -0.05) is 0 Å². The first kappa shape index (κ1) is 18.2. The Morgan fingerprint density at radius 2 is 2.19 bits per heavy atom. The maximum atomic E-state index is 11.9. The van der Waals surface area contributed by atoms with Gasteiger partial charge in [0.15, 0.2) is 0 Å². The summed E-state index contributed by atoms with van der Waals surface area (Å²) in [5.74, 6) is 0.776. The van der Waals surface area contributed by atoms with E-state index in [-0.39, 0.29) is 12.1 Å². The summed E-state index contributed by atoms with van der Waals surface area (Å²) in [5.41, 5.74) is 0.722. The molecule has 0 saturated carbocycles. The second kappa shape index (κ2) is 9.76. The molecule has 0 unspecified atom stereocenters. The van der Waals surface area contributed by atoms with E-state index in [1.807, 2.05) is 24.3 Å². The summed E-state index contributed by atoms with van der Waals surface area (Å²) in [6.45, 7) is 2.68. The summed E-state index contributed by atoms with van der Waals surface area (Å²) < 4.78 is 13.1. The van der Waals surface area contributed by atoms with E-state index in [2.05, 4.69) is 20.7 Å². The number of aryl methyl sites for hydroxylation is 1. The lowest BCUT2D eigenvalue weighted by molar-refractivity contribution is -0.0110. The molecule has 8 heteroatoms. The largest absolute Gasteiger partial charge is 0.491 e. The number of nitrogens with one attached hydrogen (secondary N) is 2. The highest BCUT2D eigenvalue weighted by molar-refractivity contribution is 5.89. The smallest absolute Gasteiger partial charge is 0.319 e. The van der Waals surface area contributed by atoms with Crippen molar-refractivity contribution in [3.05, 3.63) is 36.9 Å². The van der Waals surface area contributed by atoms with E-state index in [0.29, 0.717) is 13.2 Å². The number of amides is 2. The van der Waals surface area contributed by atoms with Crippen molar-refractivity contribution in [1.29, 1.82) is 0 Å². The molecule has 3 rings (SSSR count). The van der Waals surface area contributed by atoms with Crippen LogP contribution in [0.3, 0.4) is 0 Å². The van der Waals surface area contributed by atoms with Gasteiger partial charge in [-0.15, -0.1) is 0 Å². The van der Waals surface area contributed by atoms with E-state index in [1.165, 1.54) is 12.7 Å². The summed E-state index contributed by atoms with van der Waals surface area (Å²) in [5, 5.41) is 9.63. The molecule has 26 heavy (non-hydrogen) atoms. The van der Waals surface area contributed by atoms with Crippen LogP contribution in [-0.2, 0) is 11.3 Å². The number of anilines is 1. The Morgan fingerprint density at radius 3 is 2.92 bits per heavy atom. The molecule has 2 aromatic rings. The summed E-state index contributed by atoms with van der Waals surface area (Å²) in [4.78, 5) is 15.8. The van der Waals surface area contributed by atoms with Gasteiger partial charge in [0.2, 0.25) is 0 Å². The van der Waals surface area contributed by atoms with Gasteiger partial charge in [0.1, 0.15) is 25.0 Å². The predicted molar refractivity (Wildman–Crippen MR) is 97.2 cm³/mol. The topological polar surface area (TPSA) is 90.3 Å². The van der Waals surface area contributed by atoms with Crippen LogP contribution in [0.2, 0.25) is 0 Å². The third-order valence-electron chi connectivity index (χ3n) is 4.14. The van der Waals surface area contributed by atoms with Crippen molar-refractivity contribution in [3.63, 3.8) is 0 Å². The summed E-state index contributed by atoms with van der Waals surface area (Å²) >= 11 is 0. The molecule has 1 aromatic heterocycles. The minimum atomic E-state index is -0.229. The van der Waals surface area contributed by atoms with E-state index < -0.39 is 0 Å². The second-order valence-electron chi connectivity index (χ2n) is 6.22. The van der Waals surface area contributed by atoms with Crippen LogP contribution in [0.15, 0.2) is 36.9 Å². The van der Waals surface area contributed by atoms with Crippen molar-refractivity contribution in [1.82, 2.24) is 20.1 Å². The average Bonchev–Trinajstić information content (AvgIpc) is 3.19. The van der Waals surface area contributed by atoms with Gasteiger partial charge in [-0.2, -0.15) is 5.10 Å². The molecular formula is C18H25N5O3. The number of hydrogen-bond donors (Lipinski definition) is 2. The molecule has 1 aromatic carbocycles. The zero-order valence-corrected chi connectivity index (χ0v) is 14.8. The third kappa shape index (κ3) is 6.03. The summed E-state index contributed by atoms with van der Waals surface area (Å²) in [7, 11) is 0. The summed E-state index contributed by atoms with van der Waals surface area (Å²) in [6, 6.07) is 7.12. The molecule has 0 radical (unpaired) electrons. The number of aromatic nitrogens is 3. The molecule has 1 saturated heterocycles. The maximum Gasteiger partial charge on any atom is 0.319 e. The number of ether oxygens (including phenoxy) is 2. The van der Waals surface area contributed by atoms with E-state index >= 15 is 0 Å². The highest BCUT2D eigenvalue weighted by Crippen LogP contribution is 2.18. The standard InChI is InChI=1S/C18H25N5O3/c24-18(20-9-3-10-23-14-19-13-21-23)22-15-5-7-16(8-6-15)26-12-17-4-1-2-11-25-17/h5-8,13-14,17H,1-4,9-12H2,(H2,20,22,24)/t17-/m0/s1. The minimum absolute atomic E-state index is 0.185. The van der Waals surface area contributed by atoms with Gasteiger partial charge in [-0.05, 0) is 49.9 Å². The molecule has 140 valence electrons. The molecule has 0 aliphatic carbocycles. The molecule has 2 N–H and O–H groups in total. The minimum Gasteiger partial charge on any atom is -0.491 e. The van der Waals surface area contributed by atoms with Gasteiger partial charge in [0.05, 0.1) is 6.10 Å². The monoisotopic (exact) mass is 359 g/mol. The highest BCUT2D eigenvalue weighted by atomic mass is 16.5. The van der Waals surface area contributed by atoms with Crippen LogP contribution < -0.4 is 15.4 Å². The SMILES string of the molecule is O=C(NCCCn1cncn1)Nc1ccc(OC[C@@H]2CCCCO2)cc1. The number of urea groups is 1. The van der Waals surface area contributed by atoms with Crippen LogP contribution in [-0.4, -0.2) is 46.7 Å². The van der Waals surface area contributed by atoms with Gasteiger partial charge in [-0.25, -0.2) is 9.78 Å². The Labute approximate surface area is 152 Å². The van der Waals surface area contributed by atoms with Gasteiger partial charge < -0.3 is 20.1 Å². The number of carbonyl (C=O) groups is 1. The average molecular weight is 359 g/mol. The first-order valence-corrected chi connectivity index (χ1v) is 9.01. The molecule has 8 nitrogen and oxygen atoms in total. The Hall–Kier alpha value is -2.61. The fourth-order valence-electron chi connectivity index (χ4n) is 2.73. The molecule has 1 fully saturated rings. The molecule has 1 aliphatic rings. The Bertz CT molecular complexity index is 654. The molecule has 1 aliphatic heterocycles. The van der Waals surface area contributed by atoms with Crippen LogP contribution >= 0.6 is 0 Å². The van der Waals surface area contributed by atoms with Crippen LogP contribution in [0.5, 0.6) is 5.75 Å². The molecule has 1 atom stereocenters. The number of rotatable bonds is 8. The molecule has 0 spiro atoms. The Morgan fingerprint density at radius 1 is 1.31 bits per heavy atom. The van der Waals surface area contributed by atoms with Crippen LogP contribution in [0, 0.1) is 0 Å². The Balaban J connectivity index is 1.33. The maximum absolute atomic E-state index is 11.9. The quantitative estimate of drug-likeness (QED) is 0.707. The molecular weight excluding hydrogens is 334 g/mol. The Kier molecular flexibility index (Phi) is 6.83. The van der Waals surface area contributed by atoms with E-state index in [4.69, 9.17) is 9.47 Å². The molecule has 2 amide bonds. The number of hydrogen-bond acceptors (Lipinski definition) is 5. The third-order valence-corrected chi connectivity index (χ3v) is 4.14. The first-order chi connectivity index (χ1) is 12.8. The van der Waals surface area contributed by atoms with Gasteiger partial charge in [0, 0.05) is 25.4 Å². The second-order valence-corrected chi connectivity index (χ2v) is 6.22. The van der Waals surface area contributed by atoms with Crippen molar-refractivity contribution in [2.24, 2.45) is 0 Å². The zero-order valence-electron chi connectivity index (χ0n) is 14.8. The van der Waals surface area contributed by atoms with E-state index in [9.17, 15) is 4.79 Å². The van der Waals surface area contributed by atoms with Gasteiger partial charge >= 0.3 is 6.03 Å². The van der Waals surface area contributed by atoms with Gasteiger partial charge in [0.25, 0.3) is 0 Å². The van der Waals surface area contributed by atoms with Crippen LogP contribution in [0.25, 0.3) is 0 Å². The zero-order chi connectivity index (χ0) is 18.0. The van der Waals surface area contributed by atoms with Crippen molar-refractivity contribution < 1.29 is 14.3 Å². The predicted octanol–water partition coefficient (Wildman–Crippen LogP) is 2.44. The van der Waals surface area contributed by atoms with E-state index in [1.54, 1.807) is 11.0 Å². The number of carbonyl (C=O) groups excluding carboxylic acids is 1. The lowest BCUT2D eigenvalue weighted by atomic mass is 10.1. The van der Waals surface area contributed by atoms with Crippen LogP contribution in [0.1, 0.15) is 25.7 Å². The fraction of sp³-hybridized carbons (Fsp3) is 0.500.